The van der Waals surface area contributed by atoms with E-state index in [-0.39, 0.29) is 12.0 Å². The Balaban J connectivity index is 2.37. The maximum absolute atomic E-state index is 12.6. The fourth-order valence-corrected chi connectivity index (χ4v) is 2.33. The second kappa shape index (κ2) is 5.68. The third-order valence-corrected chi connectivity index (χ3v) is 3.98. The zero-order chi connectivity index (χ0) is 15.7. The first kappa shape index (κ1) is 15.2. The number of carbonyl (C=O) groups excluding carboxylic acids is 3. The van der Waals surface area contributed by atoms with Gasteiger partial charge in [-0.25, -0.2) is 4.79 Å². The van der Waals surface area contributed by atoms with Crippen molar-refractivity contribution in [3.8, 4) is 0 Å². The average Bonchev–Trinajstić information content (AvgIpc) is 2.40. The van der Waals surface area contributed by atoms with Crippen LogP contribution in [0.3, 0.4) is 0 Å². The number of rotatable bonds is 3. The van der Waals surface area contributed by atoms with E-state index in [9.17, 15) is 14.4 Å². The molecule has 112 valence electrons. The van der Waals surface area contributed by atoms with Gasteiger partial charge in [-0.05, 0) is 25.3 Å². The molecule has 4 amide bonds. The Morgan fingerprint density at radius 3 is 2.14 bits per heavy atom. The third-order valence-electron chi connectivity index (χ3n) is 3.98. The molecule has 0 bridgehead atoms. The van der Waals surface area contributed by atoms with Gasteiger partial charge in [-0.2, -0.15) is 0 Å². The number of aryl methyl sites for hydroxylation is 1. The second-order valence-electron chi connectivity index (χ2n) is 5.83. The molecule has 5 heteroatoms. The van der Waals surface area contributed by atoms with Crippen LogP contribution < -0.4 is 5.32 Å². The summed E-state index contributed by atoms with van der Waals surface area (Å²) < 4.78 is 0. The Labute approximate surface area is 124 Å². The van der Waals surface area contributed by atoms with E-state index in [0.29, 0.717) is 5.56 Å². The highest BCUT2D eigenvalue weighted by Gasteiger charge is 2.43. The number of hydrogen-bond donors (Lipinski definition) is 1. The van der Waals surface area contributed by atoms with E-state index >= 15 is 0 Å². The van der Waals surface area contributed by atoms with Gasteiger partial charge >= 0.3 is 6.03 Å². The minimum absolute atomic E-state index is 0.117. The van der Waals surface area contributed by atoms with Crippen molar-refractivity contribution in [2.75, 3.05) is 0 Å². The smallest absolute Gasteiger partial charge is 0.277 e. The molecule has 1 saturated heterocycles. The Kier molecular flexibility index (Phi) is 4.11. The standard InChI is InChI=1S/C16H20N2O3/c1-9(2)11(4)18-15(20)13(14(19)17-16(18)21)12-7-5-10(3)6-8-12/h5-9,11,13H,1-4H3,(H,17,19,21). The fraction of sp³-hybridized carbons (Fsp3) is 0.438. The summed E-state index contributed by atoms with van der Waals surface area (Å²) in [6, 6.07) is 6.32. The van der Waals surface area contributed by atoms with Crippen molar-refractivity contribution >= 4 is 17.8 Å². The first-order chi connectivity index (χ1) is 9.82. The van der Waals surface area contributed by atoms with E-state index in [4.69, 9.17) is 0 Å². The van der Waals surface area contributed by atoms with Gasteiger partial charge < -0.3 is 0 Å². The second-order valence-corrected chi connectivity index (χ2v) is 5.83. The lowest BCUT2D eigenvalue weighted by molar-refractivity contribution is -0.140. The lowest BCUT2D eigenvalue weighted by Gasteiger charge is -2.36. The summed E-state index contributed by atoms with van der Waals surface area (Å²) in [6.07, 6.45) is 0. The monoisotopic (exact) mass is 288 g/mol. The molecule has 1 heterocycles. The lowest BCUT2D eigenvalue weighted by atomic mass is 9.92. The van der Waals surface area contributed by atoms with Crippen LogP contribution in [0, 0.1) is 12.8 Å². The summed E-state index contributed by atoms with van der Waals surface area (Å²) in [7, 11) is 0. The minimum atomic E-state index is -0.954. The summed E-state index contributed by atoms with van der Waals surface area (Å²) in [4.78, 5) is 37.8. The van der Waals surface area contributed by atoms with Gasteiger partial charge in [-0.15, -0.1) is 0 Å². The molecular formula is C16H20N2O3. The summed E-state index contributed by atoms with van der Waals surface area (Å²) in [6.45, 7) is 7.61. The van der Waals surface area contributed by atoms with Crippen LogP contribution >= 0.6 is 0 Å². The first-order valence-electron chi connectivity index (χ1n) is 7.07. The molecular weight excluding hydrogens is 268 g/mol. The molecule has 1 N–H and O–H groups in total. The summed E-state index contributed by atoms with van der Waals surface area (Å²) in [5.41, 5.74) is 1.66. The summed E-state index contributed by atoms with van der Waals surface area (Å²) >= 11 is 0. The van der Waals surface area contributed by atoms with E-state index in [2.05, 4.69) is 5.32 Å². The summed E-state index contributed by atoms with van der Waals surface area (Å²) in [5.74, 6) is -1.84. The van der Waals surface area contributed by atoms with Crippen molar-refractivity contribution in [2.24, 2.45) is 5.92 Å². The zero-order valence-corrected chi connectivity index (χ0v) is 12.7. The molecule has 0 radical (unpaired) electrons. The van der Waals surface area contributed by atoms with E-state index in [1.165, 1.54) is 0 Å². The average molecular weight is 288 g/mol. The zero-order valence-electron chi connectivity index (χ0n) is 12.7. The number of imide groups is 2. The number of hydrogen-bond acceptors (Lipinski definition) is 3. The molecule has 1 fully saturated rings. The van der Waals surface area contributed by atoms with Crippen molar-refractivity contribution in [2.45, 2.75) is 39.7 Å². The van der Waals surface area contributed by atoms with Crippen molar-refractivity contribution in [1.29, 1.82) is 0 Å². The number of nitrogens with zero attached hydrogens (tertiary/aromatic N) is 1. The SMILES string of the molecule is Cc1ccc(C2C(=O)NC(=O)N(C(C)C(C)C)C2=O)cc1. The van der Waals surface area contributed by atoms with Gasteiger partial charge in [0.25, 0.3) is 0 Å². The van der Waals surface area contributed by atoms with E-state index in [0.717, 1.165) is 10.5 Å². The molecule has 2 rings (SSSR count). The van der Waals surface area contributed by atoms with Gasteiger partial charge in [0.15, 0.2) is 0 Å². The number of carbonyl (C=O) groups is 3. The molecule has 2 atom stereocenters. The van der Waals surface area contributed by atoms with Crippen LogP contribution in [-0.4, -0.2) is 28.8 Å². The van der Waals surface area contributed by atoms with Crippen LogP contribution in [-0.2, 0) is 9.59 Å². The lowest BCUT2D eigenvalue weighted by Crippen LogP contribution is -2.60. The molecule has 1 aliphatic heterocycles. The van der Waals surface area contributed by atoms with Crippen LogP contribution in [0.5, 0.6) is 0 Å². The third kappa shape index (κ3) is 2.82. The van der Waals surface area contributed by atoms with E-state index in [1.54, 1.807) is 12.1 Å². The number of urea groups is 1. The molecule has 1 aromatic rings. The largest absolute Gasteiger partial charge is 0.331 e. The molecule has 1 aliphatic rings. The number of nitrogens with one attached hydrogen (secondary N) is 1. The Morgan fingerprint density at radius 2 is 1.62 bits per heavy atom. The first-order valence-corrected chi connectivity index (χ1v) is 7.07. The van der Waals surface area contributed by atoms with Gasteiger partial charge in [-0.3, -0.25) is 19.8 Å². The Morgan fingerprint density at radius 1 is 1.05 bits per heavy atom. The molecule has 0 aliphatic carbocycles. The van der Waals surface area contributed by atoms with Gasteiger partial charge in [0, 0.05) is 6.04 Å². The van der Waals surface area contributed by atoms with Crippen LogP contribution in [0.25, 0.3) is 0 Å². The molecule has 21 heavy (non-hydrogen) atoms. The minimum Gasteiger partial charge on any atom is -0.277 e. The molecule has 0 spiro atoms. The Hall–Kier alpha value is -2.17. The van der Waals surface area contributed by atoms with Crippen molar-refractivity contribution in [3.05, 3.63) is 35.4 Å². The quantitative estimate of drug-likeness (QED) is 0.867. The van der Waals surface area contributed by atoms with Crippen LogP contribution in [0.2, 0.25) is 0 Å². The van der Waals surface area contributed by atoms with Crippen LogP contribution in [0.4, 0.5) is 4.79 Å². The van der Waals surface area contributed by atoms with Gasteiger partial charge in [0.2, 0.25) is 11.8 Å². The fourth-order valence-electron chi connectivity index (χ4n) is 2.33. The highest BCUT2D eigenvalue weighted by Crippen LogP contribution is 2.26. The topological polar surface area (TPSA) is 66.5 Å². The number of benzene rings is 1. The highest BCUT2D eigenvalue weighted by molar-refractivity contribution is 6.19. The summed E-state index contributed by atoms with van der Waals surface area (Å²) in [5, 5.41) is 2.29. The van der Waals surface area contributed by atoms with Crippen molar-refractivity contribution in [1.82, 2.24) is 10.2 Å². The molecule has 0 saturated carbocycles. The predicted octanol–water partition coefficient (Wildman–Crippen LogP) is 2.20. The van der Waals surface area contributed by atoms with Crippen LogP contribution in [0.15, 0.2) is 24.3 Å². The predicted molar refractivity (Wildman–Crippen MR) is 78.6 cm³/mol. The van der Waals surface area contributed by atoms with Crippen molar-refractivity contribution < 1.29 is 14.4 Å². The molecule has 0 aromatic heterocycles. The maximum Gasteiger partial charge on any atom is 0.331 e. The molecule has 2 unspecified atom stereocenters. The van der Waals surface area contributed by atoms with Gasteiger partial charge in [0.1, 0.15) is 5.92 Å². The number of barbiturate groups is 1. The van der Waals surface area contributed by atoms with Crippen LogP contribution in [0.1, 0.15) is 37.8 Å². The molecule has 5 nitrogen and oxygen atoms in total. The van der Waals surface area contributed by atoms with E-state index in [1.807, 2.05) is 39.8 Å². The maximum atomic E-state index is 12.6. The van der Waals surface area contributed by atoms with Gasteiger partial charge in [-0.1, -0.05) is 43.7 Å². The normalized spacial score (nSPS) is 20.7. The highest BCUT2D eigenvalue weighted by atomic mass is 16.2. The van der Waals surface area contributed by atoms with Crippen molar-refractivity contribution in [3.63, 3.8) is 0 Å². The van der Waals surface area contributed by atoms with E-state index < -0.39 is 23.8 Å². The van der Waals surface area contributed by atoms with Gasteiger partial charge in [0.05, 0.1) is 0 Å². The number of amides is 4. The molecule has 1 aromatic carbocycles. The Bertz CT molecular complexity index is 578.